The summed E-state index contributed by atoms with van der Waals surface area (Å²) < 4.78 is 20.3. The molecular formula is C15H14BrClFNO. The van der Waals surface area contributed by atoms with E-state index in [0.29, 0.717) is 22.4 Å². The van der Waals surface area contributed by atoms with Crippen molar-refractivity contribution >= 4 is 27.5 Å². The van der Waals surface area contributed by atoms with Crippen molar-refractivity contribution in [3.8, 4) is 5.75 Å². The molecule has 0 saturated heterocycles. The minimum Gasteiger partial charge on any atom is -0.494 e. The summed E-state index contributed by atoms with van der Waals surface area (Å²) in [6.07, 6.45) is 0. The first-order chi connectivity index (χ1) is 9.56. The van der Waals surface area contributed by atoms with Crippen molar-refractivity contribution in [2.75, 3.05) is 6.61 Å². The van der Waals surface area contributed by atoms with E-state index in [9.17, 15) is 4.39 Å². The molecule has 0 aliphatic carbocycles. The van der Waals surface area contributed by atoms with Crippen molar-refractivity contribution in [3.63, 3.8) is 0 Å². The van der Waals surface area contributed by atoms with Crippen molar-refractivity contribution in [3.05, 3.63) is 62.8 Å². The van der Waals surface area contributed by atoms with Gasteiger partial charge in [0.1, 0.15) is 11.6 Å². The molecule has 106 valence electrons. The Morgan fingerprint density at radius 3 is 2.65 bits per heavy atom. The van der Waals surface area contributed by atoms with E-state index in [1.807, 2.05) is 31.2 Å². The number of rotatable bonds is 4. The maximum absolute atomic E-state index is 14.2. The van der Waals surface area contributed by atoms with Crippen LogP contribution in [-0.2, 0) is 0 Å². The van der Waals surface area contributed by atoms with Gasteiger partial charge < -0.3 is 10.5 Å². The molecule has 2 N–H and O–H groups in total. The van der Waals surface area contributed by atoms with Crippen LogP contribution in [0.15, 0.2) is 40.9 Å². The van der Waals surface area contributed by atoms with Gasteiger partial charge in [-0.15, -0.1) is 0 Å². The molecule has 0 bridgehead atoms. The molecule has 2 rings (SSSR count). The monoisotopic (exact) mass is 357 g/mol. The fourth-order valence-corrected chi connectivity index (χ4v) is 2.45. The lowest BCUT2D eigenvalue weighted by Crippen LogP contribution is -2.15. The maximum Gasteiger partial charge on any atom is 0.148 e. The average Bonchev–Trinajstić information content (AvgIpc) is 2.45. The van der Waals surface area contributed by atoms with Crippen molar-refractivity contribution in [2.45, 2.75) is 13.0 Å². The molecule has 0 aliphatic rings. The smallest absolute Gasteiger partial charge is 0.148 e. The van der Waals surface area contributed by atoms with Crippen LogP contribution in [0.4, 0.5) is 4.39 Å². The van der Waals surface area contributed by atoms with Gasteiger partial charge >= 0.3 is 0 Å². The Labute approximate surface area is 130 Å². The van der Waals surface area contributed by atoms with Crippen molar-refractivity contribution in [1.29, 1.82) is 0 Å². The molecular weight excluding hydrogens is 345 g/mol. The van der Waals surface area contributed by atoms with Gasteiger partial charge in [-0.05, 0) is 35.0 Å². The molecule has 0 spiro atoms. The summed E-state index contributed by atoms with van der Waals surface area (Å²) in [5.74, 6) is 0.140. The molecule has 0 saturated carbocycles. The fraction of sp³-hybridized carbons (Fsp3) is 0.200. The van der Waals surface area contributed by atoms with Crippen molar-refractivity contribution < 1.29 is 9.13 Å². The van der Waals surface area contributed by atoms with Crippen molar-refractivity contribution in [1.82, 2.24) is 0 Å². The zero-order valence-electron chi connectivity index (χ0n) is 10.9. The third-order valence-electron chi connectivity index (χ3n) is 2.95. The van der Waals surface area contributed by atoms with E-state index in [2.05, 4.69) is 15.9 Å². The summed E-state index contributed by atoms with van der Waals surface area (Å²) in [4.78, 5) is 0. The van der Waals surface area contributed by atoms with Gasteiger partial charge in [0.2, 0.25) is 0 Å². The molecule has 0 amide bonds. The molecule has 5 heteroatoms. The topological polar surface area (TPSA) is 35.2 Å². The molecule has 2 nitrogen and oxygen atoms in total. The van der Waals surface area contributed by atoms with Crippen LogP contribution >= 0.6 is 27.5 Å². The summed E-state index contributed by atoms with van der Waals surface area (Å²) in [6.45, 7) is 2.41. The number of hydrogen-bond donors (Lipinski definition) is 1. The van der Waals surface area contributed by atoms with Gasteiger partial charge in [-0.2, -0.15) is 0 Å². The second kappa shape index (κ2) is 6.57. The second-order valence-corrected chi connectivity index (χ2v) is 5.45. The van der Waals surface area contributed by atoms with Crippen LogP contribution in [0.3, 0.4) is 0 Å². The highest BCUT2D eigenvalue weighted by Crippen LogP contribution is 2.34. The molecule has 20 heavy (non-hydrogen) atoms. The Kier molecular flexibility index (Phi) is 5.02. The minimum atomic E-state index is -0.636. The average molecular weight is 359 g/mol. The van der Waals surface area contributed by atoms with Gasteiger partial charge in [0.05, 0.1) is 17.7 Å². The third-order valence-corrected chi connectivity index (χ3v) is 4.21. The predicted octanol–water partition coefficient (Wildman–Crippen LogP) is 4.69. The Bertz CT molecular complexity index is 621. The highest BCUT2D eigenvalue weighted by atomic mass is 79.9. The molecule has 2 aromatic rings. The minimum absolute atomic E-state index is 0.0341. The number of ether oxygens (including phenoxy) is 1. The Morgan fingerprint density at radius 2 is 1.95 bits per heavy atom. The van der Waals surface area contributed by atoms with Crippen LogP contribution in [-0.4, -0.2) is 6.61 Å². The molecule has 1 unspecified atom stereocenters. The Balaban J connectivity index is 2.46. The summed E-state index contributed by atoms with van der Waals surface area (Å²) in [5.41, 5.74) is 7.24. The van der Waals surface area contributed by atoms with Gasteiger partial charge in [0.15, 0.2) is 0 Å². The molecule has 2 aromatic carbocycles. The van der Waals surface area contributed by atoms with E-state index in [4.69, 9.17) is 22.1 Å². The molecule has 0 radical (unpaired) electrons. The van der Waals surface area contributed by atoms with Gasteiger partial charge in [-0.1, -0.05) is 35.9 Å². The number of para-hydroxylation sites is 1. The third kappa shape index (κ3) is 2.97. The number of hydrogen-bond acceptors (Lipinski definition) is 2. The highest BCUT2D eigenvalue weighted by molar-refractivity contribution is 9.10. The van der Waals surface area contributed by atoms with Gasteiger partial charge in [-0.3, -0.25) is 0 Å². The van der Waals surface area contributed by atoms with Gasteiger partial charge in [0.25, 0.3) is 0 Å². The fourth-order valence-electron chi connectivity index (χ4n) is 1.97. The summed E-state index contributed by atoms with van der Waals surface area (Å²) >= 11 is 9.09. The lowest BCUT2D eigenvalue weighted by atomic mass is 9.98. The van der Waals surface area contributed by atoms with Gasteiger partial charge in [-0.25, -0.2) is 4.39 Å². The van der Waals surface area contributed by atoms with E-state index < -0.39 is 11.9 Å². The first-order valence-electron chi connectivity index (χ1n) is 6.17. The van der Waals surface area contributed by atoms with E-state index >= 15 is 0 Å². The maximum atomic E-state index is 14.2. The van der Waals surface area contributed by atoms with Crippen LogP contribution < -0.4 is 10.5 Å². The van der Waals surface area contributed by atoms with E-state index in [0.717, 1.165) is 5.56 Å². The van der Waals surface area contributed by atoms with Gasteiger partial charge in [0, 0.05) is 15.6 Å². The molecule has 0 aromatic heterocycles. The number of halogens is 3. The lowest BCUT2D eigenvalue weighted by Gasteiger charge is -2.18. The van der Waals surface area contributed by atoms with Crippen LogP contribution in [0.1, 0.15) is 24.1 Å². The van der Waals surface area contributed by atoms with Crippen LogP contribution in [0.5, 0.6) is 5.75 Å². The quantitative estimate of drug-likeness (QED) is 0.805. The second-order valence-electron chi connectivity index (χ2n) is 4.21. The van der Waals surface area contributed by atoms with Crippen molar-refractivity contribution in [2.24, 2.45) is 5.73 Å². The van der Waals surface area contributed by atoms with Crippen LogP contribution in [0.2, 0.25) is 5.02 Å². The number of benzene rings is 2. The summed E-state index contributed by atoms with van der Waals surface area (Å²) in [5, 5.41) is 0.0341. The van der Waals surface area contributed by atoms with Crippen LogP contribution in [0, 0.1) is 5.82 Å². The van der Waals surface area contributed by atoms with E-state index in [-0.39, 0.29) is 5.02 Å². The summed E-state index contributed by atoms with van der Waals surface area (Å²) in [7, 11) is 0. The zero-order chi connectivity index (χ0) is 14.7. The summed E-state index contributed by atoms with van der Waals surface area (Å²) in [6, 6.07) is 10.0. The molecule has 0 aliphatic heterocycles. The molecule has 0 fully saturated rings. The number of nitrogens with two attached hydrogens (primary N) is 1. The predicted molar refractivity (Wildman–Crippen MR) is 82.8 cm³/mol. The molecule has 0 heterocycles. The lowest BCUT2D eigenvalue weighted by molar-refractivity contribution is 0.335. The Morgan fingerprint density at radius 1 is 1.25 bits per heavy atom. The van der Waals surface area contributed by atoms with E-state index in [1.54, 1.807) is 12.1 Å². The first-order valence-corrected chi connectivity index (χ1v) is 7.34. The standard InChI is InChI=1S/C15H14BrClFNO/c1-2-20-12-6-4-3-5-9(12)15(19)10-7-8-11(16)13(17)14(10)18/h3-8,15H,2,19H2,1H3. The van der Waals surface area contributed by atoms with E-state index in [1.165, 1.54) is 0 Å². The molecule has 1 atom stereocenters. The SMILES string of the molecule is CCOc1ccccc1C(N)c1ccc(Br)c(Cl)c1F. The zero-order valence-corrected chi connectivity index (χ0v) is 13.2. The highest BCUT2D eigenvalue weighted by Gasteiger charge is 2.20. The van der Waals surface area contributed by atoms with Crippen LogP contribution in [0.25, 0.3) is 0 Å². The largest absolute Gasteiger partial charge is 0.494 e. The first kappa shape index (κ1) is 15.3. The normalized spacial score (nSPS) is 12.2. The Hall–Kier alpha value is -1.10.